The van der Waals surface area contributed by atoms with Crippen LogP contribution in [0.15, 0.2) is 24.3 Å². The van der Waals surface area contributed by atoms with Crippen molar-refractivity contribution in [1.29, 1.82) is 0 Å². The van der Waals surface area contributed by atoms with E-state index < -0.39 is 5.97 Å². The lowest BCUT2D eigenvalue weighted by Gasteiger charge is -2.06. The molecule has 0 radical (unpaired) electrons. The van der Waals surface area contributed by atoms with E-state index in [1.807, 2.05) is 0 Å². The van der Waals surface area contributed by atoms with Crippen LogP contribution in [-0.2, 0) is 16.0 Å². The molecule has 0 saturated heterocycles. The predicted molar refractivity (Wildman–Crippen MR) is 73.4 cm³/mol. The van der Waals surface area contributed by atoms with Crippen molar-refractivity contribution >= 4 is 17.8 Å². The Hall–Kier alpha value is -2.37. The molecule has 108 valence electrons. The van der Waals surface area contributed by atoms with Crippen LogP contribution in [0.1, 0.15) is 29.3 Å². The van der Waals surface area contributed by atoms with E-state index in [1.165, 1.54) is 19.1 Å². The number of carbonyl (C=O) groups is 3. The average molecular weight is 278 g/mol. The van der Waals surface area contributed by atoms with Crippen LogP contribution in [0.2, 0.25) is 0 Å². The fraction of sp³-hybridized carbons (Fsp3) is 0.357. The molecule has 6 nitrogen and oxygen atoms in total. The van der Waals surface area contributed by atoms with E-state index in [4.69, 9.17) is 5.11 Å². The summed E-state index contributed by atoms with van der Waals surface area (Å²) in [6.45, 7) is 2.43. The lowest BCUT2D eigenvalue weighted by Crippen LogP contribution is -2.29. The molecular weight excluding hydrogens is 260 g/mol. The summed E-state index contributed by atoms with van der Waals surface area (Å²) in [5, 5.41) is 14.2. The van der Waals surface area contributed by atoms with Gasteiger partial charge >= 0.3 is 5.97 Å². The molecule has 6 heteroatoms. The molecule has 0 unspecified atom stereocenters. The molecule has 3 N–H and O–H groups in total. The van der Waals surface area contributed by atoms with Crippen molar-refractivity contribution in [2.24, 2.45) is 0 Å². The minimum absolute atomic E-state index is 0.0955. The molecule has 1 aromatic carbocycles. The number of nitrogens with one attached hydrogen (secondary N) is 2. The molecule has 2 amide bonds. The summed E-state index contributed by atoms with van der Waals surface area (Å²) in [5.41, 5.74) is 0.824. The first kappa shape index (κ1) is 15.7. The Morgan fingerprint density at radius 1 is 1.15 bits per heavy atom. The maximum absolute atomic E-state index is 11.6. The van der Waals surface area contributed by atoms with Gasteiger partial charge in [0.05, 0.1) is 12.0 Å². The highest BCUT2D eigenvalue weighted by Crippen LogP contribution is 2.06. The highest BCUT2D eigenvalue weighted by molar-refractivity contribution is 5.88. The van der Waals surface area contributed by atoms with Gasteiger partial charge in [0.25, 0.3) is 0 Å². The minimum Gasteiger partial charge on any atom is -0.478 e. The maximum Gasteiger partial charge on any atom is 0.335 e. The topological polar surface area (TPSA) is 95.5 Å². The number of carboxylic acid groups (broad SMARTS) is 1. The predicted octanol–water partition coefficient (Wildman–Crippen LogP) is 0.570. The fourth-order valence-electron chi connectivity index (χ4n) is 1.64. The standard InChI is InChI=1S/C14H18N2O4/c1-10(17)15-6-3-7-16-13(18)9-11-4-2-5-12(8-11)14(19)20/h2,4-5,8H,3,6-7,9H2,1H3,(H,15,17)(H,16,18)(H,19,20). The van der Waals surface area contributed by atoms with Crippen LogP contribution in [-0.4, -0.2) is 36.0 Å². The number of hydrogen-bond donors (Lipinski definition) is 3. The molecular formula is C14H18N2O4. The van der Waals surface area contributed by atoms with Gasteiger partial charge in [-0.2, -0.15) is 0 Å². The van der Waals surface area contributed by atoms with Crippen LogP contribution in [0.4, 0.5) is 0 Å². The molecule has 0 aromatic heterocycles. The zero-order valence-corrected chi connectivity index (χ0v) is 11.3. The van der Waals surface area contributed by atoms with Crippen LogP contribution in [0.25, 0.3) is 0 Å². The molecule has 0 saturated carbocycles. The van der Waals surface area contributed by atoms with Gasteiger partial charge in [-0.15, -0.1) is 0 Å². The summed E-state index contributed by atoms with van der Waals surface area (Å²) in [7, 11) is 0. The maximum atomic E-state index is 11.6. The third-order valence-electron chi connectivity index (χ3n) is 2.59. The van der Waals surface area contributed by atoms with Gasteiger partial charge in [-0.05, 0) is 24.1 Å². The van der Waals surface area contributed by atoms with E-state index in [9.17, 15) is 14.4 Å². The van der Waals surface area contributed by atoms with E-state index in [-0.39, 0.29) is 23.8 Å². The number of benzene rings is 1. The Labute approximate surface area is 117 Å². The molecule has 0 atom stereocenters. The first-order valence-electron chi connectivity index (χ1n) is 6.32. The van der Waals surface area contributed by atoms with E-state index in [0.29, 0.717) is 25.1 Å². The third-order valence-corrected chi connectivity index (χ3v) is 2.59. The Morgan fingerprint density at radius 3 is 2.50 bits per heavy atom. The monoisotopic (exact) mass is 278 g/mol. The Bertz CT molecular complexity index is 500. The van der Waals surface area contributed by atoms with Crippen LogP contribution in [0.5, 0.6) is 0 Å². The quantitative estimate of drug-likeness (QED) is 0.635. The summed E-state index contributed by atoms with van der Waals surface area (Å²) in [6.07, 6.45) is 0.793. The second-order valence-electron chi connectivity index (χ2n) is 4.37. The van der Waals surface area contributed by atoms with Gasteiger partial charge in [-0.3, -0.25) is 9.59 Å². The fourth-order valence-corrected chi connectivity index (χ4v) is 1.64. The summed E-state index contributed by atoms with van der Waals surface area (Å²) >= 11 is 0. The van der Waals surface area contributed by atoms with Crippen LogP contribution < -0.4 is 10.6 Å². The van der Waals surface area contributed by atoms with E-state index >= 15 is 0 Å². The third kappa shape index (κ3) is 5.99. The lowest BCUT2D eigenvalue weighted by molar-refractivity contribution is -0.120. The zero-order valence-electron chi connectivity index (χ0n) is 11.3. The van der Waals surface area contributed by atoms with E-state index in [1.54, 1.807) is 12.1 Å². The van der Waals surface area contributed by atoms with Crippen LogP contribution in [0, 0.1) is 0 Å². The molecule has 0 aliphatic carbocycles. The van der Waals surface area contributed by atoms with Gasteiger partial charge in [0, 0.05) is 20.0 Å². The summed E-state index contributed by atoms with van der Waals surface area (Å²) in [5.74, 6) is -1.28. The number of aromatic carboxylic acids is 1. The first-order valence-corrected chi connectivity index (χ1v) is 6.32. The van der Waals surface area contributed by atoms with Crippen molar-refractivity contribution in [1.82, 2.24) is 10.6 Å². The number of hydrogen-bond acceptors (Lipinski definition) is 3. The van der Waals surface area contributed by atoms with Gasteiger partial charge in [0.1, 0.15) is 0 Å². The smallest absolute Gasteiger partial charge is 0.335 e. The van der Waals surface area contributed by atoms with Crippen LogP contribution in [0.3, 0.4) is 0 Å². The Morgan fingerprint density at radius 2 is 1.85 bits per heavy atom. The first-order chi connectivity index (χ1) is 9.49. The molecule has 0 bridgehead atoms. The molecule has 0 aliphatic heterocycles. The van der Waals surface area contributed by atoms with E-state index in [0.717, 1.165) is 0 Å². The minimum atomic E-state index is -1.01. The van der Waals surface area contributed by atoms with Crippen molar-refractivity contribution in [2.45, 2.75) is 19.8 Å². The zero-order chi connectivity index (χ0) is 15.0. The number of amides is 2. The molecule has 20 heavy (non-hydrogen) atoms. The summed E-state index contributed by atoms with van der Waals surface area (Å²) < 4.78 is 0. The highest BCUT2D eigenvalue weighted by atomic mass is 16.4. The molecule has 0 spiro atoms. The van der Waals surface area contributed by atoms with Crippen LogP contribution >= 0.6 is 0 Å². The normalized spacial score (nSPS) is 9.85. The second kappa shape index (κ2) is 7.93. The van der Waals surface area contributed by atoms with Gasteiger partial charge in [-0.1, -0.05) is 12.1 Å². The summed E-state index contributed by atoms with van der Waals surface area (Å²) in [6, 6.07) is 6.29. The molecule has 0 fully saturated rings. The molecule has 1 rings (SSSR count). The molecule has 1 aromatic rings. The average Bonchev–Trinajstić information content (AvgIpc) is 2.38. The van der Waals surface area contributed by atoms with Crippen molar-refractivity contribution in [3.63, 3.8) is 0 Å². The number of carboxylic acids is 1. The highest BCUT2D eigenvalue weighted by Gasteiger charge is 2.06. The van der Waals surface area contributed by atoms with Crippen molar-refractivity contribution in [2.75, 3.05) is 13.1 Å². The van der Waals surface area contributed by atoms with Crippen molar-refractivity contribution < 1.29 is 19.5 Å². The lowest BCUT2D eigenvalue weighted by atomic mass is 10.1. The number of rotatable bonds is 7. The Kier molecular flexibility index (Phi) is 6.22. The SMILES string of the molecule is CC(=O)NCCCNC(=O)Cc1cccc(C(=O)O)c1. The van der Waals surface area contributed by atoms with Gasteiger partial charge < -0.3 is 15.7 Å². The van der Waals surface area contributed by atoms with Crippen molar-refractivity contribution in [3.05, 3.63) is 35.4 Å². The number of carbonyl (C=O) groups excluding carboxylic acids is 2. The second-order valence-corrected chi connectivity index (χ2v) is 4.37. The molecule has 0 aliphatic rings. The Balaban J connectivity index is 2.33. The summed E-state index contributed by atoms with van der Waals surface area (Å²) in [4.78, 5) is 33.1. The largest absolute Gasteiger partial charge is 0.478 e. The van der Waals surface area contributed by atoms with Gasteiger partial charge in [0.2, 0.25) is 11.8 Å². The molecule has 0 heterocycles. The van der Waals surface area contributed by atoms with Gasteiger partial charge in [-0.25, -0.2) is 4.79 Å². The van der Waals surface area contributed by atoms with Gasteiger partial charge in [0.15, 0.2) is 0 Å². The van der Waals surface area contributed by atoms with E-state index in [2.05, 4.69) is 10.6 Å². The van der Waals surface area contributed by atoms with Crippen molar-refractivity contribution in [3.8, 4) is 0 Å².